The van der Waals surface area contributed by atoms with Crippen molar-refractivity contribution in [1.29, 1.82) is 0 Å². The summed E-state index contributed by atoms with van der Waals surface area (Å²) in [6.45, 7) is 2.20. The Morgan fingerprint density at radius 1 is 1.23 bits per heavy atom. The molecule has 0 aliphatic heterocycles. The van der Waals surface area contributed by atoms with Gasteiger partial charge in [-0.05, 0) is 30.4 Å². The zero-order valence-electron chi connectivity index (χ0n) is 14.7. The van der Waals surface area contributed by atoms with Crippen LogP contribution in [0.4, 0.5) is 4.79 Å². The Morgan fingerprint density at radius 3 is 2.50 bits per heavy atom. The van der Waals surface area contributed by atoms with Crippen molar-refractivity contribution in [3.05, 3.63) is 35.4 Å². The Labute approximate surface area is 160 Å². The van der Waals surface area contributed by atoms with Crippen LogP contribution in [0.1, 0.15) is 60.8 Å². The third-order valence-corrected chi connectivity index (χ3v) is 6.11. The number of nitrogens with one attached hydrogen (secondary N) is 2. The summed E-state index contributed by atoms with van der Waals surface area (Å²) in [6.07, 6.45) is 5.06. The van der Waals surface area contributed by atoms with Gasteiger partial charge in [-0.25, -0.2) is 13.2 Å². The van der Waals surface area contributed by atoms with E-state index in [1.54, 1.807) is 31.2 Å². The molecule has 0 bridgehead atoms. The summed E-state index contributed by atoms with van der Waals surface area (Å²) in [4.78, 5) is 24.5. The van der Waals surface area contributed by atoms with E-state index in [0.717, 1.165) is 25.7 Å². The molecule has 0 aromatic heterocycles. The average molecular weight is 401 g/mol. The molecule has 2 unspecified atom stereocenters. The van der Waals surface area contributed by atoms with Gasteiger partial charge in [-0.1, -0.05) is 49.9 Å². The molecule has 0 heterocycles. The van der Waals surface area contributed by atoms with E-state index in [-0.39, 0.29) is 5.91 Å². The summed E-state index contributed by atoms with van der Waals surface area (Å²) >= 11 is 5.93. The number of halogens is 1. The van der Waals surface area contributed by atoms with Crippen LogP contribution in [0.5, 0.6) is 0 Å². The first-order valence-electron chi connectivity index (χ1n) is 8.88. The van der Waals surface area contributed by atoms with Gasteiger partial charge in [0.2, 0.25) is 5.91 Å². The number of hydrogen-bond donors (Lipinski definition) is 3. The van der Waals surface area contributed by atoms with E-state index in [2.05, 4.69) is 10.6 Å². The van der Waals surface area contributed by atoms with Gasteiger partial charge in [0, 0.05) is 6.54 Å². The molecular formula is C18H25ClN2O4S. The molecule has 1 aliphatic carbocycles. The fourth-order valence-electron chi connectivity index (χ4n) is 3.42. The Hall–Kier alpha value is -1.60. The minimum atomic E-state index is -2.82. The van der Waals surface area contributed by atoms with Crippen LogP contribution in [-0.4, -0.2) is 26.9 Å². The van der Waals surface area contributed by atoms with Gasteiger partial charge in [0.1, 0.15) is 0 Å². The Kier molecular flexibility index (Phi) is 7.90. The lowest BCUT2D eigenvalue weighted by molar-refractivity contribution is -0.121. The molecule has 2 N–H and O–H groups in total. The number of alkyl halides is 1. The summed E-state index contributed by atoms with van der Waals surface area (Å²) in [5, 5.41) is 4.93. The number of imide groups is 1. The number of rotatable bonds is 7. The zero-order chi connectivity index (χ0) is 19.1. The number of hydrogen-bond acceptors (Lipinski definition) is 4. The van der Waals surface area contributed by atoms with Gasteiger partial charge >= 0.3 is 6.03 Å². The summed E-state index contributed by atoms with van der Waals surface area (Å²) in [7, 11) is -2.82. The largest absolute Gasteiger partial charge is 0.338 e. The van der Waals surface area contributed by atoms with Gasteiger partial charge in [0.25, 0.3) is 0 Å². The third kappa shape index (κ3) is 5.71. The SMILES string of the molecule is CCNC(=O)NC(=O)C(CC1CCCC1)c1cccc(C(Cl)[SH](=O)=O)c1. The maximum Gasteiger partial charge on any atom is 0.321 e. The molecule has 0 spiro atoms. The highest BCUT2D eigenvalue weighted by atomic mass is 35.5. The molecule has 1 aromatic carbocycles. The lowest BCUT2D eigenvalue weighted by Crippen LogP contribution is -2.42. The quantitative estimate of drug-likeness (QED) is 0.484. The van der Waals surface area contributed by atoms with E-state index in [4.69, 9.17) is 11.6 Å². The van der Waals surface area contributed by atoms with Crippen LogP contribution in [0.3, 0.4) is 0 Å². The number of benzene rings is 1. The fourth-order valence-corrected chi connectivity index (χ4v) is 3.96. The normalized spacial score (nSPS) is 17.0. The van der Waals surface area contributed by atoms with Crippen LogP contribution in [0.2, 0.25) is 0 Å². The minimum Gasteiger partial charge on any atom is -0.338 e. The van der Waals surface area contributed by atoms with Crippen molar-refractivity contribution in [1.82, 2.24) is 10.6 Å². The maximum absolute atomic E-state index is 12.7. The van der Waals surface area contributed by atoms with Crippen molar-refractivity contribution >= 4 is 34.2 Å². The second kappa shape index (κ2) is 9.92. The van der Waals surface area contributed by atoms with E-state index in [0.29, 0.717) is 30.0 Å². The van der Waals surface area contributed by atoms with Crippen LogP contribution in [0, 0.1) is 5.92 Å². The molecule has 144 valence electrons. The van der Waals surface area contributed by atoms with Gasteiger partial charge in [0.05, 0.1) is 5.92 Å². The number of carbonyl (C=O) groups is 2. The molecule has 3 amide bonds. The van der Waals surface area contributed by atoms with Crippen LogP contribution in [0.15, 0.2) is 24.3 Å². The summed E-state index contributed by atoms with van der Waals surface area (Å²) in [5.41, 5.74) is 1.11. The summed E-state index contributed by atoms with van der Waals surface area (Å²) < 4.78 is 21.2. The van der Waals surface area contributed by atoms with Crippen molar-refractivity contribution in [2.24, 2.45) is 5.92 Å². The van der Waals surface area contributed by atoms with E-state index < -0.39 is 27.4 Å². The van der Waals surface area contributed by atoms with Crippen LogP contribution >= 0.6 is 11.6 Å². The monoisotopic (exact) mass is 400 g/mol. The molecule has 1 fully saturated rings. The molecule has 26 heavy (non-hydrogen) atoms. The van der Waals surface area contributed by atoms with E-state index in [1.165, 1.54) is 0 Å². The van der Waals surface area contributed by atoms with Gasteiger partial charge in [-0.3, -0.25) is 10.1 Å². The van der Waals surface area contributed by atoms with E-state index in [1.807, 2.05) is 0 Å². The first-order chi connectivity index (χ1) is 12.4. The molecule has 1 saturated carbocycles. The standard InChI is InChI=1S/C18H25ClN2O4S/c1-2-20-18(23)21-17(22)15(10-12-6-3-4-7-12)13-8-5-9-14(11-13)16(19)26(24)25/h5,8-9,11-12,15-16,26H,2-4,6-7,10H2,1H3,(H2,20,21,22,23). The smallest absolute Gasteiger partial charge is 0.321 e. The lowest BCUT2D eigenvalue weighted by atomic mass is 9.86. The van der Waals surface area contributed by atoms with Gasteiger partial charge in [-0.15, -0.1) is 11.6 Å². The zero-order valence-corrected chi connectivity index (χ0v) is 16.4. The topological polar surface area (TPSA) is 92.3 Å². The molecule has 8 heteroatoms. The highest BCUT2D eigenvalue weighted by Gasteiger charge is 2.28. The Balaban J connectivity index is 2.25. The molecule has 0 saturated heterocycles. The van der Waals surface area contributed by atoms with E-state index in [9.17, 15) is 18.0 Å². The van der Waals surface area contributed by atoms with Crippen molar-refractivity contribution in [3.8, 4) is 0 Å². The molecule has 2 atom stereocenters. The van der Waals surface area contributed by atoms with E-state index >= 15 is 0 Å². The van der Waals surface area contributed by atoms with Crippen LogP contribution in [-0.2, 0) is 15.5 Å². The molecular weight excluding hydrogens is 376 g/mol. The highest BCUT2D eigenvalue weighted by molar-refractivity contribution is 7.74. The predicted octanol–water partition coefficient (Wildman–Crippen LogP) is 3.05. The third-order valence-electron chi connectivity index (χ3n) is 4.71. The van der Waals surface area contributed by atoms with Crippen LogP contribution in [0.25, 0.3) is 0 Å². The molecule has 6 nitrogen and oxygen atoms in total. The fraction of sp³-hybridized carbons (Fsp3) is 0.556. The van der Waals surface area contributed by atoms with Gasteiger partial charge in [0.15, 0.2) is 15.4 Å². The van der Waals surface area contributed by atoms with Crippen molar-refractivity contribution in [3.63, 3.8) is 0 Å². The van der Waals surface area contributed by atoms with Gasteiger partial charge < -0.3 is 5.32 Å². The summed E-state index contributed by atoms with van der Waals surface area (Å²) in [5.74, 6) is -0.474. The highest BCUT2D eigenvalue weighted by Crippen LogP contribution is 2.35. The van der Waals surface area contributed by atoms with Crippen molar-refractivity contribution < 1.29 is 18.0 Å². The number of carbonyl (C=O) groups excluding carboxylic acids is 2. The number of thiol groups is 1. The predicted molar refractivity (Wildman–Crippen MR) is 102 cm³/mol. The Morgan fingerprint density at radius 2 is 1.88 bits per heavy atom. The Bertz CT molecular complexity index is 709. The van der Waals surface area contributed by atoms with Crippen molar-refractivity contribution in [2.45, 2.75) is 49.7 Å². The molecule has 1 aromatic rings. The molecule has 2 rings (SSSR count). The average Bonchev–Trinajstić information content (AvgIpc) is 3.12. The number of amides is 3. The first-order valence-corrected chi connectivity index (χ1v) is 10.6. The minimum absolute atomic E-state index is 0.377. The van der Waals surface area contributed by atoms with Gasteiger partial charge in [-0.2, -0.15) is 0 Å². The first kappa shape index (κ1) is 20.7. The second-order valence-corrected chi connectivity index (χ2v) is 8.41. The second-order valence-electron chi connectivity index (χ2n) is 6.58. The number of urea groups is 1. The van der Waals surface area contributed by atoms with Crippen molar-refractivity contribution in [2.75, 3.05) is 6.54 Å². The summed E-state index contributed by atoms with van der Waals surface area (Å²) in [6, 6.07) is 6.23. The molecule has 0 radical (unpaired) electrons. The molecule has 1 aliphatic rings. The lowest BCUT2D eigenvalue weighted by Gasteiger charge is -2.21. The van der Waals surface area contributed by atoms with Crippen LogP contribution < -0.4 is 10.6 Å². The maximum atomic E-state index is 12.7.